The van der Waals surface area contributed by atoms with Crippen molar-refractivity contribution in [3.05, 3.63) is 18.3 Å². The Balaban J connectivity index is 2.01. The van der Waals surface area contributed by atoms with Crippen LogP contribution in [0.3, 0.4) is 0 Å². The molecule has 1 amide bonds. The van der Waals surface area contributed by atoms with Crippen molar-refractivity contribution in [3.8, 4) is 17.3 Å². The molecule has 1 unspecified atom stereocenters. The number of ether oxygens (including phenoxy) is 1. The van der Waals surface area contributed by atoms with Gasteiger partial charge in [-0.1, -0.05) is 5.21 Å². The molecular formula is C11H11N5O2. The molecule has 0 saturated carbocycles. The van der Waals surface area contributed by atoms with Crippen LogP contribution in [0.25, 0.3) is 11.4 Å². The number of rotatable bonds is 1. The first-order valence-corrected chi connectivity index (χ1v) is 5.49. The van der Waals surface area contributed by atoms with Crippen molar-refractivity contribution in [3.63, 3.8) is 0 Å². The van der Waals surface area contributed by atoms with Crippen LogP contribution in [0, 0.1) is 0 Å². The van der Waals surface area contributed by atoms with Gasteiger partial charge in [0.2, 0.25) is 5.88 Å². The van der Waals surface area contributed by atoms with E-state index in [0.29, 0.717) is 23.0 Å². The number of aryl methyl sites for hydroxylation is 1. The Labute approximate surface area is 103 Å². The molecule has 0 saturated heterocycles. The zero-order chi connectivity index (χ0) is 12.7. The van der Waals surface area contributed by atoms with E-state index in [1.807, 2.05) is 0 Å². The van der Waals surface area contributed by atoms with Crippen LogP contribution in [-0.2, 0) is 11.8 Å². The van der Waals surface area contributed by atoms with Gasteiger partial charge in [-0.25, -0.2) is 4.98 Å². The predicted molar refractivity (Wildman–Crippen MR) is 63.0 cm³/mol. The minimum atomic E-state index is -0.540. The van der Waals surface area contributed by atoms with Gasteiger partial charge in [-0.05, 0) is 19.1 Å². The quantitative estimate of drug-likeness (QED) is 0.795. The molecule has 92 valence electrons. The number of hydrogen-bond donors (Lipinski definition) is 1. The summed E-state index contributed by atoms with van der Waals surface area (Å²) < 4.78 is 7.03. The number of hydrogen-bond acceptors (Lipinski definition) is 5. The van der Waals surface area contributed by atoms with E-state index >= 15 is 0 Å². The summed E-state index contributed by atoms with van der Waals surface area (Å²) in [6.45, 7) is 1.68. The van der Waals surface area contributed by atoms with Crippen molar-refractivity contribution >= 4 is 11.6 Å². The summed E-state index contributed by atoms with van der Waals surface area (Å²) in [4.78, 5) is 15.8. The van der Waals surface area contributed by atoms with E-state index < -0.39 is 6.10 Å². The van der Waals surface area contributed by atoms with Crippen molar-refractivity contribution in [2.45, 2.75) is 13.0 Å². The Morgan fingerprint density at radius 1 is 1.39 bits per heavy atom. The summed E-state index contributed by atoms with van der Waals surface area (Å²) >= 11 is 0. The zero-order valence-corrected chi connectivity index (χ0v) is 9.91. The van der Waals surface area contributed by atoms with E-state index in [-0.39, 0.29) is 5.91 Å². The second-order valence-corrected chi connectivity index (χ2v) is 4.08. The van der Waals surface area contributed by atoms with Crippen LogP contribution in [-0.4, -0.2) is 32.0 Å². The molecule has 0 radical (unpaired) electrons. The third-order valence-corrected chi connectivity index (χ3v) is 2.64. The minimum Gasteiger partial charge on any atom is -0.463 e. The standard InChI is InChI=1S/C11H11N5O2/c1-6-10(17)12-8-4-3-7(13-11(8)18-6)9-5-16(2)15-14-9/h3-6H,1-2H3,(H,12,17). The van der Waals surface area contributed by atoms with Gasteiger partial charge in [-0.3, -0.25) is 9.48 Å². The molecule has 1 aliphatic heterocycles. The normalized spacial score (nSPS) is 17.9. The Morgan fingerprint density at radius 3 is 2.94 bits per heavy atom. The lowest BCUT2D eigenvalue weighted by Crippen LogP contribution is -2.34. The van der Waals surface area contributed by atoms with Crippen LogP contribution in [0.5, 0.6) is 5.88 Å². The van der Waals surface area contributed by atoms with Crippen molar-refractivity contribution in [1.82, 2.24) is 20.0 Å². The maximum Gasteiger partial charge on any atom is 0.265 e. The number of pyridine rings is 1. The van der Waals surface area contributed by atoms with E-state index in [9.17, 15) is 4.79 Å². The molecule has 1 atom stereocenters. The predicted octanol–water partition coefficient (Wildman–Crippen LogP) is 0.596. The maximum atomic E-state index is 11.4. The van der Waals surface area contributed by atoms with E-state index in [2.05, 4.69) is 20.6 Å². The van der Waals surface area contributed by atoms with E-state index in [1.54, 1.807) is 37.0 Å². The van der Waals surface area contributed by atoms with Crippen molar-refractivity contribution in [1.29, 1.82) is 0 Å². The largest absolute Gasteiger partial charge is 0.463 e. The first-order chi connectivity index (χ1) is 8.63. The van der Waals surface area contributed by atoms with E-state index in [0.717, 1.165) is 0 Å². The molecule has 0 spiro atoms. The lowest BCUT2D eigenvalue weighted by atomic mass is 10.2. The van der Waals surface area contributed by atoms with Gasteiger partial charge in [0, 0.05) is 7.05 Å². The molecular weight excluding hydrogens is 234 g/mol. The fourth-order valence-electron chi connectivity index (χ4n) is 1.69. The molecule has 3 heterocycles. The Kier molecular flexibility index (Phi) is 2.26. The first-order valence-electron chi connectivity index (χ1n) is 5.49. The molecule has 0 aliphatic carbocycles. The molecule has 0 aromatic carbocycles. The summed E-state index contributed by atoms with van der Waals surface area (Å²) in [5.41, 5.74) is 1.89. The first kappa shape index (κ1) is 10.7. The van der Waals surface area contributed by atoms with E-state index in [1.165, 1.54) is 0 Å². The number of carbonyl (C=O) groups excluding carboxylic acids is 1. The van der Waals surface area contributed by atoms with Crippen LogP contribution in [0.2, 0.25) is 0 Å². The van der Waals surface area contributed by atoms with Crippen molar-refractivity contribution in [2.24, 2.45) is 7.05 Å². The van der Waals surface area contributed by atoms with Crippen LogP contribution in [0.15, 0.2) is 18.3 Å². The average Bonchev–Trinajstić information content (AvgIpc) is 2.77. The lowest BCUT2D eigenvalue weighted by Gasteiger charge is -2.22. The van der Waals surface area contributed by atoms with Gasteiger partial charge < -0.3 is 10.1 Å². The summed E-state index contributed by atoms with van der Waals surface area (Å²) in [5.74, 6) is 0.238. The Bertz CT molecular complexity index is 622. The third-order valence-electron chi connectivity index (χ3n) is 2.64. The summed E-state index contributed by atoms with van der Waals surface area (Å²) in [7, 11) is 1.79. The number of nitrogens with zero attached hydrogens (tertiary/aromatic N) is 4. The fraction of sp³-hybridized carbons (Fsp3) is 0.273. The highest BCUT2D eigenvalue weighted by Gasteiger charge is 2.25. The van der Waals surface area contributed by atoms with Gasteiger partial charge in [-0.15, -0.1) is 5.10 Å². The number of anilines is 1. The molecule has 1 aliphatic rings. The van der Waals surface area contributed by atoms with Gasteiger partial charge >= 0.3 is 0 Å². The number of amides is 1. The molecule has 0 bridgehead atoms. The Morgan fingerprint density at radius 2 is 2.22 bits per heavy atom. The smallest absolute Gasteiger partial charge is 0.265 e. The Hall–Kier alpha value is -2.44. The SMILES string of the molecule is CC1Oc2nc(-c3cn(C)nn3)ccc2NC1=O. The topological polar surface area (TPSA) is 81.9 Å². The second-order valence-electron chi connectivity index (χ2n) is 4.08. The highest BCUT2D eigenvalue weighted by molar-refractivity contribution is 5.97. The summed E-state index contributed by atoms with van der Waals surface area (Å²) in [6, 6.07) is 3.51. The molecule has 0 fully saturated rings. The fourth-order valence-corrected chi connectivity index (χ4v) is 1.69. The van der Waals surface area contributed by atoms with Crippen LogP contribution in [0.1, 0.15) is 6.92 Å². The average molecular weight is 245 g/mol. The second kappa shape index (κ2) is 3.80. The number of fused-ring (bicyclic) bond motifs is 1. The highest BCUT2D eigenvalue weighted by atomic mass is 16.5. The number of aromatic nitrogens is 4. The molecule has 3 rings (SSSR count). The molecule has 7 heteroatoms. The zero-order valence-electron chi connectivity index (χ0n) is 9.91. The molecule has 2 aromatic heterocycles. The molecule has 7 nitrogen and oxygen atoms in total. The van der Waals surface area contributed by atoms with Crippen LogP contribution >= 0.6 is 0 Å². The van der Waals surface area contributed by atoms with Gasteiger partial charge in [-0.2, -0.15) is 0 Å². The third kappa shape index (κ3) is 1.69. The summed E-state index contributed by atoms with van der Waals surface area (Å²) in [6.07, 6.45) is 1.22. The van der Waals surface area contributed by atoms with Gasteiger partial charge in [0.25, 0.3) is 5.91 Å². The minimum absolute atomic E-state index is 0.170. The van der Waals surface area contributed by atoms with Crippen molar-refractivity contribution < 1.29 is 9.53 Å². The molecule has 1 N–H and O–H groups in total. The number of nitrogens with one attached hydrogen (secondary N) is 1. The van der Waals surface area contributed by atoms with Gasteiger partial charge in [0.1, 0.15) is 11.4 Å². The van der Waals surface area contributed by atoms with Crippen molar-refractivity contribution in [2.75, 3.05) is 5.32 Å². The highest BCUT2D eigenvalue weighted by Crippen LogP contribution is 2.29. The monoisotopic (exact) mass is 245 g/mol. The van der Waals surface area contributed by atoms with Gasteiger partial charge in [0.15, 0.2) is 6.10 Å². The van der Waals surface area contributed by atoms with Gasteiger partial charge in [0.05, 0.1) is 11.9 Å². The number of carbonyl (C=O) groups is 1. The summed E-state index contributed by atoms with van der Waals surface area (Å²) in [5, 5.41) is 10.6. The molecule has 2 aromatic rings. The van der Waals surface area contributed by atoms with Crippen LogP contribution in [0.4, 0.5) is 5.69 Å². The lowest BCUT2D eigenvalue weighted by molar-refractivity contribution is -0.122. The maximum absolute atomic E-state index is 11.4. The van der Waals surface area contributed by atoms with E-state index in [4.69, 9.17) is 4.74 Å². The van der Waals surface area contributed by atoms with Crippen LogP contribution < -0.4 is 10.1 Å². The molecule has 18 heavy (non-hydrogen) atoms.